The monoisotopic (exact) mass is 239 g/mol. The van der Waals surface area contributed by atoms with E-state index in [1.54, 1.807) is 0 Å². The molecule has 1 aliphatic heterocycles. The molecule has 1 aromatic rings. The Bertz CT molecular complexity index is 305. The average Bonchev–Trinajstić information content (AvgIpc) is 2.79. The van der Waals surface area contributed by atoms with Crippen molar-refractivity contribution in [2.75, 3.05) is 23.4 Å². The van der Waals surface area contributed by atoms with Gasteiger partial charge in [-0.1, -0.05) is 13.3 Å². The molecule has 0 aromatic carbocycles. The Labute approximate surface area is 102 Å². The van der Waals surface area contributed by atoms with Gasteiger partial charge in [0.1, 0.15) is 0 Å². The van der Waals surface area contributed by atoms with Gasteiger partial charge >= 0.3 is 0 Å². The van der Waals surface area contributed by atoms with E-state index in [4.69, 9.17) is 0 Å². The summed E-state index contributed by atoms with van der Waals surface area (Å²) in [5.41, 5.74) is 0. The summed E-state index contributed by atoms with van der Waals surface area (Å²) >= 11 is 2.06. The Kier molecular flexibility index (Phi) is 4.57. The molecule has 3 nitrogen and oxygen atoms in total. The van der Waals surface area contributed by atoms with Gasteiger partial charge in [0.05, 0.1) is 0 Å². The lowest BCUT2D eigenvalue weighted by atomic mass is 10.2. The fourth-order valence-corrected chi connectivity index (χ4v) is 3.20. The lowest BCUT2D eigenvalue weighted by molar-refractivity contribution is 0.503. The van der Waals surface area contributed by atoms with Crippen LogP contribution in [0.2, 0.25) is 0 Å². The van der Waals surface area contributed by atoms with E-state index >= 15 is 0 Å². The Hall–Kier alpha value is -0.640. The van der Waals surface area contributed by atoms with Crippen molar-refractivity contribution in [1.82, 2.24) is 9.55 Å². The van der Waals surface area contributed by atoms with Crippen LogP contribution in [0.25, 0.3) is 0 Å². The van der Waals surface area contributed by atoms with Crippen molar-refractivity contribution in [3.8, 4) is 0 Å². The van der Waals surface area contributed by atoms with Crippen LogP contribution in [0.3, 0.4) is 0 Å². The Balaban J connectivity index is 1.94. The first-order valence-electron chi connectivity index (χ1n) is 6.26. The highest BCUT2D eigenvalue weighted by Gasteiger charge is 2.17. The molecule has 1 aromatic heterocycles. The number of imidazole rings is 1. The Morgan fingerprint density at radius 2 is 2.56 bits per heavy atom. The van der Waals surface area contributed by atoms with Gasteiger partial charge in [-0.05, 0) is 25.0 Å². The molecule has 0 saturated carbocycles. The summed E-state index contributed by atoms with van der Waals surface area (Å²) < 4.78 is 2.32. The maximum Gasteiger partial charge on any atom is 0.203 e. The van der Waals surface area contributed by atoms with Crippen LogP contribution in [0.5, 0.6) is 0 Å². The standard InChI is InChI=1S/C12H21N3S/c1-2-3-6-13-12-14-7-8-15(12)11-5-4-9-16-10-11/h7-8,11H,2-6,9-10H2,1H3,(H,13,14). The summed E-state index contributed by atoms with van der Waals surface area (Å²) in [6.45, 7) is 3.25. The highest BCUT2D eigenvalue weighted by molar-refractivity contribution is 7.99. The number of rotatable bonds is 5. The zero-order valence-corrected chi connectivity index (χ0v) is 10.8. The van der Waals surface area contributed by atoms with Gasteiger partial charge in [0.2, 0.25) is 5.95 Å². The number of aromatic nitrogens is 2. The highest BCUT2D eigenvalue weighted by Crippen LogP contribution is 2.28. The van der Waals surface area contributed by atoms with Crippen LogP contribution in [0, 0.1) is 0 Å². The first kappa shape index (κ1) is 11.8. The summed E-state index contributed by atoms with van der Waals surface area (Å²) in [5.74, 6) is 3.61. The molecule has 0 radical (unpaired) electrons. The third-order valence-electron chi connectivity index (χ3n) is 3.01. The molecule has 0 spiro atoms. The molecular formula is C12H21N3S. The van der Waals surface area contributed by atoms with Gasteiger partial charge in [0.25, 0.3) is 0 Å². The van der Waals surface area contributed by atoms with Gasteiger partial charge in [-0.25, -0.2) is 4.98 Å². The summed E-state index contributed by atoms with van der Waals surface area (Å²) in [4.78, 5) is 4.41. The molecule has 1 saturated heterocycles. The topological polar surface area (TPSA) is 29.9 Å². The first-order chi connectivity index (χ1) is 7.92. The molecule has 2 rings (SSSR count). The zero-order chi connectivity index (χ0) is 11.2. The van der Waals surface area contributed by atoms with Crippen molar-refractivity contribution < 1.29 is 0 Å². The van der Waals surface area contributed by atoms with Gasteiger partial charge in [-0.2, -0.15) is 11.8 Å². The fourth-order valence-electron chi connectivity index (χ4n) is 2.06. The number of hydrogen-bond donors (Lipinski definition) is 1. The number of anilines is 1. The fraction of sp³-hybridized carbons (Fsp3) is 0.750. The third kappa shape index (κ3) is 2.94. The summed E-state index contributed by atoms with van der Waals surface area (Å²) in [6.07, 6.45) is 9.10. The summed E-state index contributed by atoms with van der Waals surface area (Å²) in [7, 11) is 0. The molecular weight excluding hydrogens is 218 g/mol. The molecule has 16 heavy (non-hydrogen) atoms. The molecule has 2 heterocycles. The Morgan fingerprint density at radius 1 is 1.62 bits per heavy atom. The van der Waals surface area contributed by atoms with E-state index in [1.165, 1.54) is 37.2 Å². The zero-order valence-electron chi connectivity index (χ0n) is 9.98. The Morgan fingerprint density at radius 3 is 3.31 bits per heavy atom. The first-order valence-corrected chi connectivity index (χ1v) is 7.41. The normalized spacial score (nSPS) is 20.9. The molecule has 1 unspecified atom stereocenters. The molecule has 1 N–H and O–H groups in total. The number of thioether (sulfide) groups is 1. The van der Waals surface area contributed by atoms with Gasteiger partial charge in [-0.15, -0.1) is 0 Å². The minimum absolute atomic E-state index is 0.644. The molecule has 1 fully saturated rings. The van der Waals surface area contributed by atoms with E-state index in [1.807, 2.05) is 6.20 Å². The van der Waals surface area contributed by atoms with Gasteiger partial charge in [-0.3, -0.25) is 0 Å². The highest BCUT2D eigenvalue weighted by atomic mass is 32.2. The summed E-state index contributed by atoms with van der Waals surface area (Å²) in [5, 5.41) is 3.43. The molecule has 0 aliphatic carbocycles. The number of unbranched alkanes of at least 4 members (excludes halogenated alkanes) is 1. The van der Waals surface area contributed by atoms with Crippen LogP contribution in [-0.2, 0) is 0 Å². The lowest BCUT2D eigenvalue weighted by Crippen LogP contribution is -2.18. The molecule has 0 bridgehead atoms. The van der Waals surface area contributed by atoms with E-state index in [0.29, 0.717) is 6.04 Å². The van der Waals surface area contributed by atoms with Gasteiger partial charge in [0, 0.05) is 30.7 Å². The van der Waals surface area contributed by atoms with Crippen LogP contribution in [-0.4, -0.2) is 27.6 Å². The summed E-state index contributed by atoms with van der Waals surface area (Å²) in [6, 6.07) is 0.644. The number of nitrogens with one attached hydrogen (secondary N) is 1. The number of hydrogen-bond acceptors (Lipinski definition) is 3. The van der Waals surface area contributed by atoms with Crippen molar-refractivity contribution in [3.05, 3.63) is 12.4 Å². The second-order valence-electron chi connectivity index (χ2n) is 4.31. The average molecular weight is 239 g/mol. The van der Waals surface area contributed by atoms with Crippen LogP contribution >= 0.6 is 11.8 Å². The van der Waals surface area contributed by atoms with Crippen LogP contribution < -0.4 is 5.32 Å². The van der Waals surface area contributed by atoms with Crippen LogP contribution in [0.4, 0.5) is 5.95 Å². The van der Waals surface area contributed by atoms with Gasteiger partial charge < -0.3 is 9.88 Å². The van der Waals surface area contributed by atoms with E-state index in [9.17, 15) is 0 Å². The van der Waals surface area contributed by atoms with Crippen molar-refractivity contribution >= 4 is 17.7 Å². The van der Waals surface area contributed by atoms with Crippen molar-refractivity contribution in [3.63, 3.8) is 0 Å². The SMILES string of the molecule is CCCCNc1nccn1C1CCCSC1. The predicted molar refractivity (Wildman–Crippen MR) is 71.2 cm³/mol. The molecule has 0 amide bonds. The minimum atomic E-state index is 0.644. The van der Waals surface area contributed by atoms with E-state index < -0.39 is 0 Å². The van der Waals surface area contributed by atoms with Crippen LogP contribution in [0.15, 0.2) is 12.4 Å². The smallest absolute Gasteiger partial charge is 0.203 e. The largest absolute Gasteiger partial charge is 0.356 e. The minimum Gasteiger partial charge on any atom is -0.356 e. The van der Waals surface area contributed by atoms with Crippen molar-refractivity contribution in [2.24, 2.45) is 0 Å². The third-order valence-corrected chi connectivity index (χ3v) is 4.21. The van der Waals surface area contributed by atoms with E-state index in [0.717, 1.165) is 12.5 Å². The second-order valence-corrected chi connectivity index (χ2v) is 5.46. The quantitative estimate of drug-likeness (QED) is 0.800. The molecule has 1 aliphatic rings. The van der Waals surface area contributed by atoms with Crippen LogP contribution in [0.1, 0.15) is 38.6 Å². The van der Waals surface area contributed by atoms with E-state index in [2.05, 4.69) is 39.8 Å². The number of nitrogens with zero attached hydrogens (tertiary/aromatic N) is 2. The van der Waals surface area contributed by atoms with Gasteiger partial charge in [0.15, 0.2) is 0 Å². The predicted octanol–water partition coefficient (Wildman–Crippen LogP) is 3.16. The molecule has 4 heteroatoms. The molecule has 90 valence electrons. The van der Waals surface area contributed by atoms with Crippen molar-refractivity contribution in [2.45, 2.75) is 38.6 Å². The lowest BCUT2D eigenvalue weighted by Gasteiger charge is -2.24. The second kappa shape index (κ2) is 6.18. The molecule has 1 atom stereocenters. The maximum atomic E-state index is 4.41. The van der Waals surface area contributed by atoms with E-state index in [-0.39, 0.29) is 0 Å². The van der Waals surface area contributed by atoms with Crippen molar-refractivity contribution in [1.29, 1.82) is 0 Å². The maximum absolute atomic E-state index is 4.41.